The highest BCUT2D eigenvalue weighted by molar-refractivity contribution is 6.76. The molecular weight excluding hydrogens is 710 g/mol. The van der Waals surface area contributed by atoms with Crippen LogP contribution in [-0.2, 0) is 22.8 Å². The smallest absolute Gasteiger partial charge is 0.361 e. The maximum atomic E-state index is 14.8. The third kappa shape index (κ3) is 12.2. The van der Waals surface area contributed by atoms with E-state index < -0.39 is 88.4 Å². The van der Waals surface area contributed by atoms with Gasteiger partial charge in [0, 0.05) is 33.9 Å². The SMILES string of the molecule is C[C@@H](NC(=O)CCC(F)(F)F)c1ccc2c(c1)nc(C(NC(=O)c1cnn(CCC(F)(F)F)n1)[C@@H]1CCCC(F)(F)C1)n2COCC[Si](C)(C)C. The minimum absolute atomic E-state index is 0.0531. The molecule has 3 atom stereocenters. The molecular formula is C32H43F8N7O3Si. The van der Waals surface area contributed by atoms with Gasteiger partial charge in [-0.25, -0.2) is 13.8 Å². The Bertz CT molecular complexity index is 1650. The number of ether oxygens (including phenoxy) is 1. The van der Waals surface area contributed by atoms with Gasteiger partial charge < -0.3 is 19.9 Å². The number of nitrogens with zero attached hydrogens (tertiary/aromatic N) is 5. The van der Waals surface area contributed by atoms with Gasteiger partial charge in [-0.05, 0) is 49.4 Å². The van der Waals surface area contributed by atoms with Crippen molar-refractivity contribution >= 4 is 30.9 Å². The molecule has 0 radical (unpaired) electrons. The summed E-state index contributed by atoms with van der Waals surface area (Å²) in [7, 11) is -1.50. The minimum Gasteiger partial charge on any atom is -0.361 e. The second kappa shape index (κ2) is 16.0. The molecule has 51 heavy (non-hydrogen) atoms. The molecule has 19 heteroatoms. The number of fused-ring (bicyclic) bond motifs is 1. The molecule has 2 amide bonds. The van der Waals surface area contributed by atoms with E-state index in [2.05, 4.69) is 40.5 Å². The molecule has 0 aliphatic heterocycles. The number of hydrogen-bond acceptors (Lipinski definition) is 6. The van der Waals surface area contributed by atoms with E-state index in [1.54, 1.807) is 29.7 Å². The zero-order valence-electron chi connectivity index (χ0n) is 28.8. The van der Waals surface area contributed by atoms with Crippen molar-refractivity contribution in [1.29, 1.82) is 0 Å². The molecule has 0 saturated heterocycles. The highest BCUT2D eigenvalue weighted by atomic mass is 28.3. The van der Waals surface area contributed by atoms with Gasteiger partial charge in [-0.1, -0.05) is 25.7 Å². The van der Waals surface area contributed by atoms with Crippen molar-refractivity contribution < 1.29 is 49.4 Å². The summed E-state index contributed by atoms with van der Waals surface area (Å²) in [6.07, 6.45) is -11.6. The van der Waals surface area contributed by atoms with Crippen LogP contribution in [0.4, 0.5) is 35.1 Å². The molecule has 2 heterocycles. The predicted octanol–water partition coefficient (Wildman–Crippen LogP) is 7.71. The number of carbonyl (C=O) groups excluding carboxylic acids is 2. The molecule has 0 bridgehead atoms. The van der Waals surface area contributed by atoms with Crippen molar-refractivity contribution in [3.63, 3.8) is 0 Å². The third-order valence-electron chi connectivity index (χ3n) is 8.61. The summed E-state index contributed by atoms with van der Waals surface area (Å²) in [5, 5.41) is 12.9. The average molecular weight is 754 g/mol. The van der Waals surface area contributed by atoms with Crippen molar-refractivity contribution in [3.05, 3.63) is 41.5 Å². The van der Waals surface area contributed by atoms with Crippen LogP contribution in [-0.4, -0.2) is 69.3 Å². The fourth-order valence-electron chi connectivity index (χ4n) is 5.83. The second-order valence-electron chi connectivity index (χ2n) is 14.3. The number of aromatic nitrogens is 5. The Morgan fingerprint density at radius 1 is 1.08 bits per heavy atom. The maximum absolute atomic E-state index is 14.8. The Morgan fingerprint density at radius 2 is 1.78 bits per heavy atom. The third-order valence-corrected chi connectivity index (χ3v) is 10.3. The van der Waals surface area contributed by atoms with Gasteiger partial charge in [0.2, 0.25) is 11.8 Å². The van der Waals surface area contributed by atoms with Gasteiger partial charge in [0.25, 0.3) is 5.91 Å². The highest BCUT2D eigenvalue weighted by Gasteiger charge is 2.42. The van der Waals surface area contributed by atoms with E-state index in [9.17, 15) is 44.7 Å². The number of carbonyl (C=O) groups is 2. The molecule has 10 nitrogen and oxygen atoms in total. The first-order chi connectivity index (χ1) is 23.6. The zero-order chi connectivity index (χ0) is 37.8. The molecule has 4 rings (SSSR count). The average Bonchev–Trinajstić information content (AvgIpc) is 3.63. The quantitative estimate of drug-likeness (QED) is 0.0934. The molecule has 3 aromatic rings. The lowest BCUT2D eigenvalue weighted by Gasteiger charge is -2.34. The Labute approximate surface area is 290 Å². The summed E-state index contributed by atoms with van der Waals surface area (Å²) in [5.74, 6) is -5.27. The molecule has 2 N–H and O–H groups in total. The van der Waals surface area contributed by atoms with Crippen LogP contribution in [0, 0.1) is 5.92 Å². The summed E-state index contributed by atoms with van der Waals surface area (Å²) in [4.78, 5) is 31.2. The number of rotatable bonds is 15. The van der Waals surface area contributed by atoms with Crippen LogP contribution in [0.15, 0.2) is 24.4 Å². The fraction of sp³-hybridized carbons (Fsp3) is 0.656. The van der Waals surface area contributed by atoms with E-state index in [0.29, 0.717) is 29.6 Å². The standard InChI is InChI=1S/C32H43F8N7O3Si/c1-20(42-26(48)9-11-31(35,36)37)21-7-8-25-23(16-21)43-28(46(25)19-50-14-15-51(2,3)4)27(22-6-5-10-30(33,34)17-22)44-29(49)24-18-41-47(45-24)13-12-32(38,39)40/h7-8,16,18,20,22,27H,5-6,9-15,17,19H2,1-4H3,(H,42,48)(H,44,49)/t20-,22-,27?/m1/s1. The molecule has 1 fully saturated rings. The first-order valence-electron chi connectivity index (χ1n) is 16.7. The molecule has 0 spiro atoms. The van der Waals surface area contributed by atoms with E-state index in [1.807, 2.05) is 0 Å². The van der Waals surface area contributed by atoms with Crippen molar-refractivity contribution in [2.24, 2.45) is 5.92 Å². The lowest BCUT2D eigenvalue weighted by molar-refractivity contribution is -0.144. The first kappa shape index (κ1) is 40.2. The Hall–Kier alpha value is -3.61. The normalized spacial score (nSPS) is 18.1. The zero-order valence-corrected chi connectivity index (χ0v) is 29.8. The molecule has 284 valence electrons. The highest BCUT2D eigenvalue weighted by Crippen LogP contribution is 2.43. The largest absolute Gasteiger partial charge is 0.390 e. The molecule has 1 saturated carbocycles. The van der Waals surface area contributed by atoms with Gasteiger partial charge >= 0.3 is 12.4 Å². The Balaban J connectivity index is 1.69. The van der Waals surface area contributed by atoms with Gasteiger partial charge in [-0.15, -0.1) is 5.10 Å². The summed E-state index contributed by atoms with van der Waals surface area (Å²) < 4.78 is 114. The van der Waals surface area contributed by atoms with Crippen molar-refractivity contribution in [1.82, 2.24) is 35.2 Å². The van der Waals surface area contributed by atoms with Crippen LogP contribution in [0.2, 0.25) is 25.7 Å². The van der Waals surface area contributed by atoms with Crippen LogP contribution in [0.1, 0.15) is 85.8 Å². The molecule has 1 aliphatic rings. The van der Waals surface area contributed by atoms with E-state index in [1.165, 1.54) is 0 Å². The van der Waals surface area contributed by atoms with Gasteiger partial charge in [0.15, 0.2) is 5.69 Å². The van der Waals surface area contributed by atoms with Crippen molar-refractivity contribution in [2.75, 3.05) is 6.61 Å². The number of hydrogen-bond donors (Lipinski definition) is 2. The number of nitrogens with one attached hydrogen (secondary N) is 2. The number of aryl methyl sites for hydroxylation is 1. The van der Waals surface area contributed by atoms with E-state index in [0.717, 1.165) is 17.0 Å². The summed E-state index contributed by atoms with van der Waals surface area (Å²) >= 11 is 0. The first-order valence-corrected chi connectivity index (χ1v) is 20.4. The van der Waals surface area contributed by atoms with E-state index >= 15 is 0 Å². The number of halogens is 8. The lowest BCUT2D eigenvalue weighted by Crippen LogP contribution is -2.40. The second-order valence-corrected chi connectivity index (χ2v) is 19.9. The monoisotopic (exact) mass is 753 g/mol. The van der Waals surface area contributed by atoms with Crippen molar-refractivity contribution in [2.45, 2.75) is 121 Å². The van der Waals surface area contributed by atoms with Crippen LogP contribution < -0.4 is 10.6 Å². The summed E-state index contributed by atoms with van der Waals surface area (Å²) in [6, 6.07) is 3.95. The topological polar surface area (TPSA) is 116 Å². The number of benzene rings is 1. The molecule has 1 aromatic carbocycles. The van der Waals surface area contributed by atoms with Crippen LogP contribution in [0.25, 0.3) is 11.0 Å². The van der Waals surface area contributed by atoms with Gasteiger partial charge in [-0.2, -0.15) is 36.2 Å². The van der Waals surface area contributed by atoms with Crippen LogP contribution >= 0.6 is 0 Å². The van der Waals surface area contributed by atoms with Gasteiger partial charge in [-0.3, -0.25) is 9.59 Å². The van der Waals surface area contributed by atoms with Crippen LogP contribution in [0.5, 0.6) is 0 Å². The predicted molar refractivity (Wildman–Crippen MR) is 173 cm³/mol. The Morgan fingerprint density at radius 3 is 2.43 bits per heavy atom. The van der Waals surface area contributed by atoms with E-state index in [-0.39, 0.29) is 31.1 Å². The fourth-order valence-corrected chi connectivity index (χ4v) is 6.59. The molecule has 1 unspecified atom stereocenters. The van der Waals surface area contributed by atoms with E-state index in [4.69, 9.17) is 9.72 Å². The summed E-state index contributed by atoms with van der Waals surface area (Å²) in [5.41, 5.74) is 1.07. The number of imidazole rings is 1. The van der Waals surface area contributed by atoms with Gasteiger partial charge in [0.1, 0.15) is 12.6 Å². The molecule has 2 aromatic heterocycles. The van der Waals surface area contributed by atoms with Crippen molar-refractivity contribution in [3.8, 4) is 0 Å². The Kier molecular flexibility index (Phi) is 12.6. The maximum Gasteiger partial charge on any atom is 0.390 e. The minimum atomic E-state index is -4.49. The molecule has 1 aliphatic carbocycles. The van der Waals surface area contributed by atoms with Crippen LogP contribution in [0.3, 0.4) is 0 Å². The summed E-state index contributed by atoms with van der Waals surface area (Å²) in [6.45, 7) is 7.84. The number of alkyl halides is 8. The van der Waals surface area contributed by atoms with Gasteiger partial charge in [0.05, 0.1) is 48.7 Å². The number of amides is 2. The lowest BCUT2D eigenvalue weighted by atomic mass is 9.81.